The smallest absolute Gasteiger partial charge is 0 e. The van der Waals surface area contributed by atoms with Crippen LogP contribution in [0.25, 0.3) is 0 Å². The summed E-state index contributed by atoms with van der Waals surface area (Å²) in [6.45, 7) is 0. The fourth-order valence-electron chi connectivity index (χ4n) is 2.77. The Kier molecular flexibility index (Phi) is 8.29. The maximum absolute atomic E-state index is 2.36. The van der Waals surface area contributed by atoms with Crippen LogP contribution in [0.15, 0.2) is 48.6 Å². The number of fused-ring (bicyclic) bond motifs is 1. The van der Waals surface area contributed by atoms with E-state index in [0.717, 1.165) is 11.8 Å². The molecule has 0 aromatic rings. The minimum Gasteiger partial charge on any atom is -0.0882 e. The Bertz CT molecular complexity index is 279. The summed E-state index contributed by atoms with van der Waals surface area (Å²) < 4.78 is 0. The minimum atomic E-state index is 0. The van der Waals surface area contributed by atoms with Gasteiger partial charge in [-0.2, -0.15) is 0 Å². The molecule has 0 heterocycles. The van der Waals surface area contributed by atoms with Crippen LogP contribution in [-0.2, 0) is 20.1 Å². The first-order chi connectivity index (χ1) is 8.47. The SMILES string of the molecule is C1=CC2CCCC2C=C1.C1=CCCC=CCC1.[Ir]. The molecular formula is C17H24Ir. The number of hydrogen-bond acceptors (Lipinski definition) is 0. The summed E-state index contributed by atoms with van der Waals surface area (Å²) in [5.74, 6) is 1.80. The van der Waals surface area contributed by atoms with Gasteiger partial charge < -0.3 is 0 Å². The molecule has 0 saturated heterocycles. The molecule has 101 valence electrons. The van der Waals surface area contributed by atoms with Crippen LogP contribution in [0.2, 0.25) is 0 Å². The van der Waals surface area contributed by atoms with Gasteiger partial charge in [0.2, 0.25) is 0 Å². The van der Waals surface area contributed by atoms with Crippen molar-refractivity contribution in [1.82, 2.24) is 0 Å². The summed E-state index contributed by atoms with van der Waals surface area (Å²) in [7, 11) is 0. The molecule has 2 atom stereocenters. The van der Waals surface area contributed by atoms with E-state index in [1.54, 1.807) is 0 Å². The van der Waals surface area contributed by atoms with Crippen molar-refractivity contribution < 1.29 is 20.1 Å². The predicted molar refractivity (Wildman–Crippen MR) is 75.9 cm³/mol. The molecule has 1 fully saturated rings. The van der Waals surface area contributed by atoms with Crippen LogP contribution in [0.4, 0.5) is 0 Å². The largest absolute Gasteiger partial charge is 0.0882 e. The van der Waals surface area contributed by atoms with E-state index in [-0.39, 0.29) is 20.1 Å². The van der Waals surface area contributed by atoms with Crippen LogP contribution in [0, 0.1) is 11.8 Å². The van der Waals surface area contributed by atoms with Crippen LogP contribution < -0.4 is 0 Å². The summed E-state index contributed by atoms with van der Waals surface area (Å²) in [5.41, 5.74) is 0. The van der Waals surface area contributed by atoms with Gasteiger partial charge in [0.1, 0.15) is 0 Å². The standard InChI is InChI=1S/C9H12.C8H12.Ir/c1-2-5-9-7-3-6-8(9)4-1;1-2-4-6-8-7-5-3-1;/h1-2,4-5,8-9H,3,6-7H2;1-2,7-8H,3-6H2;. The molecule has 0 N–H and O–H groups in total. The van der Waals surface area contributed by atoms with Crippen molar-refractivity contribution in [2.24, 2.45) is 11.8 Å². The molecule has 3 aliphatic rings. The number of rotatable bonds is 0. The summed E-state index contributed by atoms with van der Waals surface area (Å²) in [4.78, 5) is 0. The van der Waals surface area contributed by atoms with Gasteiger partial charge in [0.15, 0.2) is 0 Å². The Balaban J connectivity index is 0.000000172. The van der Waals surface area contributed by atoms with Gasteiger partial charge in [-0.1, -0.05) is 55.0 Å². The van der Waals surface area contributed by atoms with E-state index in [2.05, 4.69) is 48.6 Å². The van der Waals surface area contributed by atoms with Gasteiger partial charge >= 0.3 is 0 Å². The summed E-state index contributed by atoms with van der Waals surface area (Å²) in [5, 5.41) is 0. The summed E-state index contributed by atoms with van der Waals surface area (Å²) in [6, 6.07) is 0. The summed E-state index contributed by atoms with van der Waals surface area (Å²) >= 11 is 0. The normalized spacial score (nSPS) is 28.4. The second-order valence-corrected chi connectivity index (χ2v) is 5.13. The molecule has 1 radical (unpaired) electrons. The molecule has 0 nitrogen and oxygen atoms in total. The van der Waals surface area contributed by atoms with E-state index >= 15 is 0 Å². The molecule has 3 rings (SSSR count). The van der Waals surface area contributed by atoms with Crippen LogP contribution >= 0.6 is 0 Å². The van der Waals surface area contributed by atoms with Crippen molar-refractivity contribution in [2.75, 3.05) is 0 Å². The average Bonchev–Trinajstić information content (AvgIpc) is 2.76. The van der Waals surface area contributed by atoms with E-state index in [0.29, 0.717) is 0 Å². The summed E-state index contributed by atoms with van der Waals surface area (Å²) in [6.07, 6.45) is 27.4. The van der Waals surface area contributed by atoms with Gasteiger partial charge in [0.05, 0.1) is 0 Å². The van der Waals surface area contributed by atoms with Crippen molar-refractivity contribution in [3.05, 3.63) is 48.6 Å². The fourth-order valence-corrected chi connectivity index (χ4v) is 2.77. The molecule has 1 saturated carbocycles. The third-order valence-corrected chi connectivity index (χ3v) is 3.79. The molecule has 0 bridgehead atoms. The molecule has 0 aliphatic heterocycles. The van der Waals surface area contributed by atoms with E-state index in [1.165, 1.54) is 44.9 Å². The Morgan fingerprint density at radius 2 is 1.00 bits per heavy atom. The second-order valence-electron chi connectivity index (χ2n) is 5.13. The quantitative estimate of drug-likeness (QED) is 0.473. The molecule has 2 unspecified atom stereocenters. The van der Waals surface area contributed by atoms with Gasteiger partial charge in [0, 0.05) is 20.1 Å². The first kappa shape index (κ1) is 15.7. The van der Waals surface area contributed by atoms with Gasteiger partial charge in [-0.05, 0) is 50.4 Å². The average molecular weight is 421 g/mol. The fraction of sp³-hybridized carbons (Fsp3) is 0.529. The Morgan fingerprint density at radius 3 is 1.39 bits per heavy atom. The van der Waals surface area contributed by atoms with Crippen LogP contribution in [-0.4, -0.2) is 0 Å². The molecular weight excluding hydrogens is 396 g/mol. The molecule has 3 aliphatic carbocycles. The second kappa shape index (κ2) is 9.53. The van der Waals surface area contributed by atoms with Crippen LogP contribution in [0.5, 0.6) is 0 Å². The van der Waals surface area contributed by atoms with Crippen molar-refractivity contribution in [3.63, 3.8) is 0 Å². The minimum absolute atomic E-state index is 0. The van der Waals surface area contributed by atoms with Gasteiger partial charge in [-0.15, -0.1) is 0 Å². The van der Waals surface area contributed by atoms with Crippen molar-refractivity contribution in [3.8, 4) is 0 Å². The van der Waals surface area contributed by atoms with Crippen LogP contribution in [0.3, 0.4) is 0 Å². The van der Waals surface area contributed by atoms with Crippen molar-refractivity contribution in [2.45, 2.75) is 44.9 Å². The van der Waals surface area contributed by atoms with Gasteiger partial charge in [-0.3, -0.25) is 0 Å². The zero-order valence-corrected chi connectivity index (χ0v) is 13.5. The van der Waals surface area contributed by atoms with Crippen molar-refractivity contribution in [1.29, 1.82) is 0 Å². The molecule has 1 heteroatoms. The Morgan fingerprint density at radius 1 is 0.611 bits per heavy atom. The molecule has 0 spiro atoms. The van der Waals surface area contributed by atoms with Gasteiger partial charge in [0.25, 0.3) is 0 Å². The van der Waals surface area contributed by atoms with Gasteiger partial charge in [-0.25, -0.2) is 0 Å². The van der Waals surface area contributed by atoms with E-state index in [4.69, 9.17) is 0 Å². The van der Waals surface area contributed by atoms with E-state index in [9.17, 15) is 0 Å². The third-order valence-electron chi connectivity index (χ3n) is 3.79. The molecule has 0 amide bonds. The molecule has 0 aromatic heterocycles. The van der Waals surface area contributed by atoms with Crippen molar-refractivity contribution >= 4 is 0 Å². The molecule has 0 aromatic carbocycles. The molecule has 18 heavy (non-hydrogen) atoms. The zero-order valence-electron chi connectivity index (χ0n) is 11.1. The number of allylic oxidation sites excluding steroid dienone is 8. The third kappa shape index (κ3) is 5.50. The van der Waals surface area contributed by atoms with E-state index < -0.39 is 0 Å². The first-order valence-corrected chi connectivity index (χ1v) is 7.12. The van der Waals surface area contributed by atoms with Crippen LogP contribution in [0.1, 0.15) is 44.9 Å². The number of hydrogen-bond donors (Lipinski definition) is 0. The zero-order chi connectivity index (χ0) is 11.8. The monoisotopic (exact) mass is 421 g/mol. The maximum atomic E-state index is 2.36. The topological polar surface area (TPSA) is 0 Å². The van der Waals surface area contributed by atoms with E-state index in [1.807, 2.05) is 0 Å². The Hall–Kier alpha value is -0.391. The maximum Gasteiger partial charge on any atom is 0 e. The Labute approximate surface area is 125 Å². The first-order valence-electron chi connectivity index (χ1n) is 7.12. The predicted octanol–water partition coefficient (Wildman–Crippen LogP) is 5.20.